The van der Waals surface area contributed by atoms with E-state index in [1.165, 1.54) is 25.7 Å². The number of halogens is 1. The monoisotopic (exact) mass is 391 g/mol. The van der Waals surface area contributed by atoms with Crippen LogP contribution in [0.2, 0.25) is 0 Å². The smallest absolute Gasteiger partial charge is 0.0512 e. The van der Waals surface area contributed by atoms with Crippen molar-refractivity contribution < 1.29 is 0 Å². The summed E-state index contributed by atoms with van der Waals surface area (Å²) in [5, 5.41) is 1.32. The van der Waals surface area contributed by atoms with Gasteiger partial charge in [0.2, 0.25) is 0 Å². The number of nitrogens with one attached hydrogen (secondary N) is 1. The van der Waals surface area contributed by atoms with Crippen molar-refractivity contribution in [2.24, 2.45) is 5.73 Å². The lowest BCUT2D eigenvalue weighted by Crippen LogP contribution is -1.99. The van der Waals surface area contributed by atoms with Gasteiger partial charge in [-0.05, 0) is 84.3 Å². The van der Waals surface area contributed by atoms with Crippen LogP contribution in [0.3, 0.4) is 0 Å². The normalized spacial score (nSPS) is 11.1. The molecule has 108 valence electrons. The first-order valence-electron chi connectivity index (χ1n) is 7.20. The molecule has 0 fully saturated rings. The van der Waals surface area contributed by atoms with Gasteiger partial charge in [0.1, 0.15) is 0 Å². The Kier molecular flexibility index (Phi) is 4.55. The summed E-state index contributed by atoms with van der Waals surface area (Å²) in [5.41, 5.74) is 10.5. The highest BCUT2D eigenvalue weighted by molar-refractivity contribution is 14.1. The Bertz CT molecular complexity index is 734. The zero-order chi connectivity index (χ0) is 14.7. The number of aromatic nitrogens is 2. The summed E-state index contributed by atoms with van der Waals surface area (Å²) in [6, 6.07) is 10.6. The van der Waals surface area contributed by atoms with Gasteiger partial charge in [0.15, 0.2) is 0 Å². The van der Waals surface area contributed by atoms with E-state index < -0.39 is 0 Å². The highest BCUT2D eigenvalue weighted by Gasteiger charge is 2.13. The number of benzene rings is 1. The zero-order valence-electron chi connectivity index (χ0n) is 11.8. The second-order valence-corrected chi connectivity index (χ2v) is 6.40. The van der Waals surface area contributed by atoms with Crippen LogP contribution in [-0.4, -0.2) is 16.5 Å². The first-order valence-corrected chi connectivity index (χ1v) is 8.28. The van der Waals surface area contributed by atoms with Crippen LogP contribution >= 0.6 is 22.6 Å². The molecule has 0 saturated heterocycles. The first kappa shape index (κ1) is 14.5. The molecule has 0 radical (unpaired) electrons. The number of H-pyrrole nitrogens is 1. The predicted octanol–water partition coefficient (Wildman–Crippen LogP) is 4.12. The van der Waals surface area contributed by atoms with Crippen molar-refractivity contribution in [2.75, 3.05) is 6.54 Å². The molecule has 4 heteroatoms. The van der Waals surface area contributed by atoms with Crippen molar-refractivity contribution in [3.8, 4) is 11.3 Å². The number of pyridine rings is 1. The van der Waals surface area contributed by atoms with Crippen LogP contribution in [0.5, 0.6) is 0 Å². The minimum atomic E-state index is 0.752. The average Bonchev–Trinajstić information content (AvgIpc) is 2.87. The van der Waals surface area contributed by atoms with Gasteiger partial charge >= 0.3 is 0 Å². The molecule has 0 bridgehead atoms. The van der Waals surface area contributed by atoms with Gasteiger partial charge in [0, 0.05) is 32.4 Å². The van der Waals surface area contributed by atoms with Gasteiger partial charge in [-0.1, -0.05) is 0 Å². The molecule has 0 saturated carbocycles. The largest absolute Gasteiger partial charge is 0.354 e. The van der Waals surface area contributed by atoms with Crippen LogP contribution in [0.4, 0.5) is 0 Å². The molecule has 0 aliphatic carbocycles. The van der Waals surface area contributed by atoms with Crippen molar-refractivity contribution in [3.05, 3.63) is 51.9 Å². The van der Waals surface area contributed by atoms with E-state index in [4.69, 9.17) is 5.73 Å². The topological polar surface area (TPSA) is 54.7 Å². The number of hydrogen-bond acceptors (Lipinski definition) is 2. The molecule has 2 heterocycles. The molecule has 1 aromatic carbocycles. The molecule has 0 atom stereocenters. The Morgan fingerprint density at radius 1 is 1.19 bits per heavy atom. The fourth-order valence-corrected chi connectivity index (χ4v) is 3.17. The SMILES string of the molecule is NCCCCc1c(-c2cccnc2)[nH]c2ccc(I)cc12. The standard InChI is InChI=1S/C17H18IN3/c18-13-6-7-16-15(10-13)14(5-1-2-8-19)17(21-16)12-4-3-9-20-11-12/h3-4,6-7,9-11,21H,1-2,5,8,19H2. The Balaban J connectivity index is 2.11. The van der Waals surface area contributed by atoms with Crippen molar-refractivity contribution in [3.63, 3.8) is 0 Å². The first-order chi connectivity index (χ1) is 10.3. The lowest BCUT2D eigenvalue weighted by atomic mass is 10.0. The summed E-state index contributed by atoms with van der Waals surface area (Å²) >= 11 is 2.37. The fourth-order valence-electron chi connectivity index (χ4n) is 2.68. The lowest BCUT2D eigenvalue weighted by Gasteiger charge is -2.05. The summed E-state index contributed by atoms with van der Waals surface area (Å²) in [5.74, 6) is 0. The molecule has 3 rings (SSSR count). The number of unbranched alkanes of at least 4 members (excludes halogenated alkanes) is 1. The number of aromatic amines is 1. The molecule has 0 aliphatic rings. The molecule has 0 amide bonds. The third-order valence-corrected chi connectivity index (χ3v) is 4.37. The van der Waals surface area contributed by atoms with Crippen molar-refractivity contribution in [1.29, 1.82) is 0 Å². The van der Waals surface area contributed by atoms with Gasteiger partial charge in [-0.3, -0.25) is 4.98 Å². The van der Waals surface area contributed by atoms with E-state index in [9.17, 15) is 0 Å². The molecular formula is C17H18IN3. The summed E-state index contributed by atoms with van der Waals surface area (Å²) in [6.45, 7) is 0.752. The molecule has 3 N–H and O–H groups in total. The van der Waals surface area contributed by atoms with Crippen LogP contribution in [0.25, 0.3) is 22.2 Å². The van der Waals surface area contributed by atoms with E-state index in [0.29, 0.717) is 0 Å². The predicted molar refractivity (Wildman–Crippen MR) is 96.2 cm³/mol. The van der Waals surface area contributed by atoms with Crippen LogP contribution in [-0.2, 0) is 6.42 Å². The molecule has 3 aromatic rings. The molecule has 3 nitrogen and oxygen atoms in total. The van der Waals surface area contributed by atoms with Crippen molar-refractivity contribution >= 4 is 33.5 Å². The maximum atomic E-state index is 5.63. The van der Waals surface area contributed by atoms with Crippen LogP contribution < -0.4 is 5.73 Å². The van der Waals surface area contributed by atoms with Gasteiger partial charge in [0.25, 0.3) is 0 Å². The molecule has 0 unspecified atom stereocenters. The Hall–Kier alpha value is -1.40. The van der Waals surface area contributed by atoms with Gasteiger partial charge < -0.3 is 10.7 Å². The minimum Gasteiger partial charge on any atom is -0.354 e. The molecule has 2 aromatic heterocycles. The third-order valence-electron chi connectivity index (χ3n) is 3.70. The summed E-state index contributed by atoms with van der Waals surface area (Å²) in [6.07, 6.45) is 6.94. The van der Waals surface area contributed by atoms with Gasteiger partial charge in [-0.25, -0.2) is 0 Å². The van der Waals surface area contributed by atoms with Crippen LogP contribution in [0.1, 0.15) is 18.4 Å². The van der Waals surface area contributed by atoms with Gasteiger partial charge in [-0.2, -0.15) is 0 Å². The zero-order valence-corrected chi connectivity index (χ0v) is 13.9. The Labute approximate surface area is 138 Å². The number of nitrogens with zero attached hydrogens (tertiary/aromatic N) is 1. The number of hydrogen-bond donors (Lipinski definition) is 2. The molecular weight excluding hydrogens is 373 g/mol. The highest BCUT2D eigenvalue weighted by atomic mass is 127. The maximum Gasteiger partial charge on any atom is 0.0512 e. The quantitative estimate of drug-likeness (QED) is 0.508. The van der Waals surface area contributed by atoms with E-state index in [2.05, 4.69) is 56.8 Å². The molecule has 21 heavy (non-hydrogen) atoms. The van der Waals surface area contributed by atoms with Crippen molar-refractivity contribution in [2.45, 2.75) is 19.3 Å². The van der Waals surface area contributed by atoms with E-state index in [-0.39, 0.29) is 0 Å². The summed E-state index contributed by atoms with van der Waals surface area (Å²) < 4.78 is 1.26. The number of fused-ring (bicyclic) bond motifs is 1. The van der Waals surface area contributed by atoms with Gasteiger partial charge in [-0.15, -0.1) is 0 Å². The number of nitrogens with two attached hydrogens (primary N) is 1. The van der Waals surface area contributed by atoms with Crippen LogP contribution in [0, 0.1) is 3.57 Å². The van der Waals surface area contributed by atoms with E-state index in [0.717, 1.165) is 31.4 Å². The lowest BCUT2D eigenvalue weighted by molar-refractivity contribution is 0.748. The summed E-state index contributed by atoms with van der Waals surface area (Å²) in [4.78, 5) is 7.80. The minimum absolute atomic E-state index is 0.752. The van der Waals surface area contributed by atoms with E-state index in [1.54, 1.807) is 0 Å². The average molecular weight is 391 g/mol. The highest BCUT2D eigenvalue weighted by Crippen LogP contribution is 2.32. The fraction of sp³-hybridized carbons (Fsp3) is 0.235. The molecule has 0 aliphatic heterocycles. The number of rotatable bonds is 5. The second-order valence-electron chi connectivity index (χ2n) is 5.16. The molecule has 0 spiro atoms. The van der Waals surface area contributed by atoms with Gasteiger partial charge in [0.05, 0.1) is 5.69 Å². The third kappa shape index (κ3) is 3.11. The van der Waals surface area contributed by atoms with Crippen LogP contribution in [0.15, 0.2) is 42.7 Å². The number of aryl methyl sites for hydroxylation is 1. The van der Waals surface area contributed by atoms with Crippen molar-refractivity contribution in [1.82, 2.24) is 9.97 Å². The van der Waals surface area contributed by atoms with E-state index >= 15 is 0 Å². The Morgan fingerprint density at radius 3 is 2.86 bits per heavy atom. The maximum absolute atomic E-state index is 5.63. The van der Waals surface area contributed by atoms with E-state index in [1.807, 2.05) is 18.5 Å². The second kappa shape index (κ2) is 6.58. The Morgan fingerprint density at radius 2 is 2.10 bits per heavy atom. The summed E-state index contributed by atoms with van der Waals surface area (Å²) in [7, 11) is 0.